The summed E-state index contributed by atoms with van der Waals surface area (Å²) in [5, 5.41) is 5.26. The number of urea groups is 1. The third kappa shape index (κ3) is 6.64. The van der Waals surface area contributed by atoms with E-state index in [0.717, 1.165) is 5.56 Å². The van der Waals surface area contributed by atoms with Gasteiger partial charge in [0.25, 0.3) is 10.0 Å². The first-order valence-electron chi connectivity index (χ1n) is 8.93. The normalized spacial score (nSPS) is 11.1. The molecule has 0 spiro atoms. The van der Waals surface area contributed by atoms with Crippen molar-refractivity contribution in [2.75, 3.05) is 10.0 Å². The molecule has 0 atom stereocenters. The van der Waals surface area contributed by atoms with Crippen molar-refractivity contribution in [3.63, 3.8) is 0 Å². The molecule has 0 unspecified atom stereocenters. The number of aromatic nitrogens is 1. The van der Waals surface area contributed by atoms with Crippen LogP contribution in [0.2, 0.25) is 0 Å². The van der Waals surface area contributed by atoms with Crippen molar-refractivity contribution in [1.82, 2.24) is 10.3 Å². The van der Waals surface area contributed by atoms with Crippen molar-refractivity contribution in [3.05, 3.63) is 78.6 Å². The van der Waals surface area contributed by atoms with Crippen LogP contribution in [0.25, 0.3) is 0 Å². The number of ether oxygens (including phenoxy) is 1. The van der Waals surface area contributed by atoms with E-state index in [0.29, 0.717) is 5.69 Å². The van der Waals surface area contributed by atoms with Crippen molar-refractivity contribution in [1.29, 1.82) is 0 Å². The Morgan fingerprint density at radius 3 is 2.29 bits per heavy atom. The number of halogens is 2. The maximum Gasteiger partial charge on any atom is 0.387 e. The molecule has 0 saturated heterocycles. The Kier molecular flexibility index (Phi) is 6.98. The first-order valence-corrected chi connectivity index (χ1v) is 10.4. The number of carbonyl (C=O) groups excluding carboxylic acids is 1. The molecule has 0 fully saturated rings. The fourth-order valence-corrected chi connectivity index (χ4v) is 3.55. The van der Waals surface area contributed by atoms with Gasteiger partial charge in [0.2, 0.25) is 0 Å². The average Bonchev–Trinajstić information content (AvgIpc) is 2.74. The minimum Gasteiger partial charge on any atom is -0.435 e. The van der Waals surface area contributed by atoms with Gasteiger partial charge in [-0.1, -0.05) is 6.07 Å². The zero-order valence-corrected chi connectivity index (χ0v) is 16.8. The van der Waals surface area contributed by atoms with Crippen molar-refractivity contribution in [2.24, 2.45) is 0 Å². The van der Waals surface area contributed by atoms with Crippen molar-refractivity contribution < 1.29 is 26.7 Å². The van der Waals surface area contributed by atoms with Crippen LogP contribution in [0.1, 0.15) is 5.56 Å². The smallest absolute Gasteiger partial charge is 0.387 e. The van der Waals surface area contributed by atoms with E-state index in [1.54, 1.807) is 18.5 Å². The Morgan fingerprint density at radius 1 is 1.00 bits per heavy atom. The number of rotatable bonds is 8. The lowest BCUT2D eigenvalue weighted by molar-refractivity contribution is -0.0498. The predicted octanol–water partition coefficient (Wildman–Crippen LogP) is 3.81. The molecule has 0 radical (unpaired) electrons. The standard InChI is InChI=1S/C20H18F2N4O4S/c21-19(22)30-17-7-3-16(4-8-17)26-31(28,29)18-9-5-15(6-10-18)25-20(27)24-13-14-2-1-11-23-12-14/h1-12,19,26H,13H2,(H2,24,25,27). The van der Waals surface area contributed by atoms with E-state index in [9.17, 15) is 22.0 Å². The molecule has 11 heteroatoms. The Balaban J connectivity index is 1.57. The van der Waals surface area contributed by atoms with Crippen LogP contribution in [-0.2, 0) is 16.6 Å². The molecule has 3 N–H and O–H groups in total. The summed E-state index contributed by atoms with van der Waals surface area (Å²) in [5.41, 5.74) is 1.41. The Hall–Kier alpha value is -3.73. The molecule has 0 aliphatic rings. The second kappa shape index (κ2) is 9.85. The molecular weight excluding hydrogens is 430 g/mol. The van der Waals surface area contributed by atoms with E-state index in [1.165, 1.54) is 48.5 Å². The maximum atomic E-state index is 12.5. The van der Waals surface area contributed by atoms with E-state index in [2.05, 4.69) is 25.1 Å². The molecular formula is C20H18F2N4O4S. The summed E-state index contributed by atoms with van der Waals surface area (Å²) in [6.45, 7) is -2.68. The molecule has 2 aromatic carbocycles. The number of amides is 2. The van der Waals surface area contributed by atoms with Gasteiger partial charge < -0.3 is 15.4 Å². The minimum absolute atomic E-state index is 0.0401. The summed E-state index contributed by atoms with van der Waals surface area (Å²) < 4.78 is 55.9. The molecule has 0 saturated carbocycles. The fraction of sp³-hybridized carbons (Fsp3) is 0.100. The van der Waals surface area contributed by atoms with E-state index < -0.39 is 22.7 Å². The third-order valence-corrected chi connectivity index (χ3v) is 5.33. The van der Waals surface area contributed by atoms with Gasteiger partial charge in [-0.25, -0.2) is 13.2 Å². The van der Waals surface area contributed by atoms with Gasteiger partial charge in [-0.3, -0.25) is 9.71 Å². The van der Waals surface area contributed by atoms with Gasteiger partial charge in [-0.15, -0.1) is 0 Å². The molecule has 162 valence electrons. The van der Waals surface area contributed by atoms with Crippen LogP contribution in [0.15, 0.2) is 78.0 Å². The van der Waals surface area contributed by atoms with Gasteiger partial charge in [0.15, 0.2) is 0 Å². The summed E-state index contributed by atoms with van der Waals surface area (Å²) in [5.74, 6) is -0.0878. The highest BCUT2D eigenvalue weighted by molar-refractivity contribution is 7.92. The van der Waals surface area contributed by atoms with E-state index in [-0.39, 0.29) is 22.9 Å². The molecule has 3 rings (SSSR count). The maximum absolute atomic E-state index is 12.5. The zero-order valence-electron chi connectivity index (χ0n) is 16.0. The molecule has 31 heavy (non-hydrogen) atoms. The highest BCUT2D eigenvalue weighted by atomic mass is 32.2. The van der Waals surface area contributed by atoms with Crippen LogP contribution >= 0.6 is 0 Å². The number of pyridine rings is 1. The van der Waals surface area contributed by atoms with E-state index in [4.69, 9.17) is 0 Å². The minimum atomic E-state index is -3.91. The number of alkyl halides is 2. The van der Waals surface area contributed by atoms with Gasteiger partial charge in [0, 0.05) is 30.3 Å². The SMILES string of the molecule is O=C(NCc1cccnc1)Nc1ccc(S(=O)(=O)Nc2ccc(OC(F)F)cc2)cc1. The first-order chi connectivity index (χ1) is 14.8. The summed E-state index contributed by atoms with van der Waals surface area (Å²) in [7, 11) is -3.91. The molecule has 3 aromatic rings. The summed E-state index contributed by atoms with van der Waals surface area (Å²) >= 11 is 0. The summed E-state index contributed by atoms with van der Waals surface area (Å²) in [6, 6.07) is 13.7. The third-order valence-electron chi connectivity index (χ3n) is 3.93. The number of nitrogens with zero attached hydrogens (tertiary/aromatic N) is 1. The Labute approximate surface area is 177 Å². The Morgan fingerprint density at radius 2 is 1.68 bits per heavy atom. The highest BCUT2D eigenvalue weighted by Gasteiger charge is 2.15. The van der Waals surface area contributed by atoms with Crippen molar-refractivity contribution in [2.45, 2.75) is 18.1 Å². The van der Waals surface area contributed by atoms with Crippen molar-refractivity contribution >= 4 is 27.4 Å². The second-order valence-corrected chi connectivity index (χ2v) is 7.88. The van der Waals surface area contributed by atoms with Gasteiger partial charge in [-0.05, 0) is 60.2 Å². The second-order valence-electron chi connectivity index (χ2n) is 6.20. The molecule has 0 aliphatic carbocycles. The number of anilines is 2. The van der Waals surface area contributed by atoms with Crippen molar-refractivity contribution in [3.8, 4) is 5.75 Å². The Bertz CT molecular complexity index is 1110. The quantitative estimate of drug-likeness (QED) is 0.486. The van der Waals surface area contributed by atoms with Crippen LogP contribution in [0.3, 0.4) is 0 Å². The summed E-state index contributed by atoms with van der Waals surface area (Å²) in [4.78, 5) is 15.9. The van der Waals surface area contributed by atoms with Gasteiger partial charge in [0.1, 0.15) is 5.75 Å². The van der Waals surface area contributed by atoms with Crippen LogP contribution in [0, 0.1) is 0 Å². The zero-order chi connectivity index (χ0) is 22.3. The van der Waals surface area contributed by atoms with Gasteiger partial charge in [0.05, 0.1) is 4.90 Å². The molecule has 0 aliphatic heterocycles. The molecule has 0 bridgehead atoms. The molecule has 8 nitrogen and oxygen atoms in total. The molecule has 1 heterocycles. The molecule has 2 amide bonds. The highest BCUT2D eigenvalue weighted by Crippen LogP contribution is 2.21. The monoisotopic (exact) mass is 448 g/mol. The van der Waals surface area contributed by atoms with E-state index in [1.807, 2.05) is 6.07 Å². The van der Waals surface area contributed by atoms with Crippen LogP contribution in [-0.4, -0.2) is 26.0 Å². The topological polar surface area (TPSA) is 109 Å². The lowest BCUT2D eigenvalue weighted by Crippen LogP contribution is -2.28. The summed E-state index contributed by atoms with van der Waals surface area (Å²) in [6.07, 6.45) is 3.26. The van der Waals surface area contributed by atoms with Crippen LogP contribution in [0.5, 0.6) is 5.75 Å². The van der Waals surface area contributed by atoms with Gasteiger partial charge >= 0.3 is 12.6 Å². The average molecular weight is 448 g/mol. The van der Waals surface area contributed by atoms with E-state index >= 15 is 0 Å². The number of hydrogen-bond acceptors (Lipinski definition) is 5. The number of benzene rings is 2. The number of hydrogen-bond donors (Lipinski definition) is 3. The number of sulfonamides is 1. The predicted molar refractivity (Wildman–Crippen MR) is 110 cm³/mol. The lowest BCUT2D eigenvalue weighted by atomic mass is 10.3. The molecule has 1 aromatic heterocycles. The fourth-order valence-electron chi connectivity index (χ4n) is 2.50. The van der Waals surface area contributed by atoms with Gasteiger partial charge in [-0.2, -0.15) is 8.78 Å². The first kappa shape index (κ1) is 22.0. The lowest BCUT2D eigenvalue weighted by Gasteiger charge is -2.11. The van der Waals surface area contributed by atoms with Crippen LogP contribution < -0.4 is 20.1 Å². The largest absolute Gasteiger partial charge is 0.435 e. The van der Waals surface area contributed by atoms with Crippen LogP contribution in [0.4, 0.5) is 25.0 Å². The number of nitrogens with one attached hydrogen (secondary N) is 3. The number of carbonyl (C=O) groups is 1.